The summed E-state index contributed by atoms with van der Waals surface area (Å²) in [6, 6.07) is 9.42. The van der Waals surface area contributed by atoms with Crippen LogP contribution in [0, 0.1) is 0 Å². The quantitative estimate of drug-likeness (QED) is 0.763. The summed E-state index contributed by atoms with van der Waals surface area (Å²) >= 11 is 0. The molecule has 3 aromatic rings. The van der Waals surface area contributed by atoms with Crippen molar-refractivity contribution in [3.05, 3.63) is 54.2 Å². The van der Waals surface area contributed by atoms with Crippen LogP contribution in [0.1, 0.15) is 21.1 Å². The SMILES string of the molecule is O=C(O)c1cc2cc(NC(=O)c3ccco3)ccc2o1. The third kappa shape index (κ3) is 2.14. The van der Waals surface area contributed by atoms with Gasteiger partial charge in [0.05, 0.1) is 6.26 Å². The van der Waals surface area contributed by atoms with Gasteiger partial charge in [-0.05, 0) is 36.4 Å². The lowest BCUT2D eigenvalue weighted by molar-refractivity contribution is 0.0665. The molecule has 0 bridgehead atoms. The Bertz CT molecular complexity index is 785. The van der Waals surface area contributed by atoms with Gasteiger partial charge in [-0.15, -0.1) is 0 Å². The van der Waals surface area contributed by atoms with E-state index < -0.39 is 5.97 Å². The molecule has 1 aromatic carbocycles. The number of furan rings is 2. The maximum Gasteiger partial charge on any atom is 0.371 e. The van der Waals surface area contributed by atoms with Crippen molar-refractivity contribution in [2.45, 2.75) is 0 Å². The van der Waals surface area contributed by atoms with Crippen LogP contribution in [0.3, 0.4) is 0 Å². The van der Waals surface area contributed by atoms with Crippen LogP contribution in [0.25, 0.3) is 11.0 Å². The molecular formula is C14H9NO5. The highest BCUT2D eigenvalue weighted by molar-refractivity contribution is 6.03. The normalized spacial score (nSPS) is 10.6. The summed E-state index contributed by atoms with van der Waals surface area (Å²) < 4.78 is 10.1. The standard InChI is InChI=1S/C14H9NO5/c16-13(11-2-1-5-19-11)15-9-3-4-10-8(6-9)7-12(20-10)14(17)18/h1-7H,(H,15,16)(H,17,18). The summed E-state index contributed by atoms with van der Waals surface area (Å²) in [6.45, 7) is 0. The maximum absolute atomic E-state index is 11.8. The first kappa shape index (κ1) is 12.0. The minimum absolute atomic E-state index is 0.144. The Morgan fingerprint density at radius 1 is 1.10 bits per heavy atom. The Labute approximate surface area is 112 Å². The van der Waals surface area contributed by atoms with Gasteiger partial charge in [0, 0.05) is 11.1 Å². The number of carboxylic acid groups (broad SMARTS) is 1. The van der Waals surface area contributed by atoms with E-state index in [1.165, 1.54) is 12.3 Å². The largest absolute Gasteiger partial charge is 0.475 e. The van der Waals surface area contributed by atoms with E-state index in [-0.39, 0.29) is 17.4 Å². The van der Waals surface area contributed by atoms with E-state index in [4.69, 9.17) is 13.9 Å². The fraction of sp³-hybridized carbons (Fsp3) is 0. The third-order valence-corrected chi connectivity index (χ3v) is 2.73. The van der Waals surface area contributed by atoms with Gasteiger partial charge < -0.3 is 19.3 Å². The second-order valence-electron chi connectivity index (χ2n) is 4.10. The molecule has 1 amide bonds. The molecule has 2 aromatic heterocycles. The number of carbonyl (C=O) groups excluding carboxylic acids is 1. The average Bonchev–Trinajstić information content (AvgIpc) is 3.07. The van der Waals surface area contributed by atoms with Crippen LogP contribution in [-0.4, -0.2) is 17.0 Å². The second kappa shape index (κ2) is 4.58. The van der Waals surface area contributed by atoms with Gasteiger partial charge in [-0.25, -0.2) is 4.79 Å². The smallest absolute Gasteiger partial charge is 0.371 e. The number of nitrogens with one attached hydrogen (secondary N) is 1. The highest BCUT2D eigenvalue weighted by Gasteiger charge is 2.12. The lowest BCUT2D eigenvalue weighted by Gasteiger charge is -2.02. The van der Waals surface area contributed by atoms with Crippen LogP contribution in [0.5, 0.6) is 0 Å². The molecule has 0 unspecified atom stereocenters. The number of carboxylic acids is 1. The Morgan fingerprint density at radius 2 is 1.95 bits per heavy atom. The summed E-state index contributed by atoms with van der Waals surface area (Å²) in [5.41, 5.74) is 0.968. The summed E-state index contributed by atoms with van der Waals surface area (Å²) in [4.78, 5) is 22.6. The molecule has 6 nitrogen and oxygen atoms in total. The van der Waals surface area contributed by atoms with Gasteiger partial charge in [0.25, 0.3) is 5.91 Å². The van der Waals surface area contributed by atoms with Crippen LogP contribution in [0.2, 0.25) is 0 Å². The lowest BCUT2D eigenvalue weighted by Crippen LogP contribution is -2.10. The number of anilines is 1. The number of benzene rings is 1. The van der Waals surface area contributed by atoms with Crippen LogP contribution in [0.15, 0.2) is 51.5 Å². The number of carbonyl (C=O) groups is 2. The zero-order valence-electron chi connectivity index (χ0n) is 10.1. The van der Waals surface area contributed by atoms with E-state index in [1.807, 2.05) is 0 Å². The molecule has 2 N–H and O–H groups in total. The molecule has 0 atom stereocenters. The molecular weight excluding hydrogens is 262 g/mol. The zero-order chi connectivity index (χ0) is 14.1. The average molecular weight is 271 g/mol. The number of aromatic carboxylic acids is 1. The van der Waals surface area contributed by atoms with Crippen molar-refractivity contribution in [1.82, 2.24) is 0 Å². The zero-order valence-corrected chi connectivity index (χ0v) is 10.1. The van der Waals surface area contributed by atoms with Crippen LogP contribution in [0.4, 0.5) is 5.69 Å². The van der Waals surface area contributed by atoms with Crippen LogP contribution >= 0.6 is 0 Å². The molecule has 0 saturated heterocycles. The van der Waals surface area contributed by atoms with E-state index in [9.17, 15) is 9.59 Å². The van der Waals surface area contributed by atoms with Crippen molar-refractivity contribution in [3.63, 3.8) is 0 Å². The molecule has 6 heteroatoms. The van der Waals surface area contributed by atoms with Gasteiger partial charge in [0.2, 0.25) is 5.76 Å². The van der Waals surface area contributed by atoms with E-state index in [0.717, 1.165) is 0 Å². The molecule has 0 radical (unpaired) electrons. The molecule has 3 rings (SSSR count). The van der Waals surface area contributed by atoms with Crippen molar-refractivity contribution in [2.24, 2.45) is 0 Å². The first-order valence-electron chi connectivity index (χ1n) is 5.75. The van der Waals surface area contributed by atoms with Crippen molar-refractivity contribution < 1.29 is 23.5 Å². The Hall–Kier alpha value is -3.02. The van der Waals surface area contributed by atoms with Crippen molar-refractivity contribution in [1.29, 1.82) is 0 Å². The highest BCUT2D eigenvalue weighted by Crippen LogP contribution is 2.23. The van der Waals surface area contributed by atoms with Crippen LogP contribution < -0.4 is 5.32 Å². The fourth-order valence-corrected chi connectivity index (χ4v) is 1.83. The molecule has 0 aliphatic rings. The van der Waals surface area contributed by atoms with Crippen LogP contribution in [-0.2, 0) is 0 Å². The lowest BCUT2D eigenvalue weighted by atomic mass is 10.2. The minimum Gasteiger partial charge on any atom is -0.475 e. The van der Waals surface area contributed by atoms with E-state index in [2.05, 4.69) is 5.32 Å². The molecule has 2 heterocycles. The van der Waals surface area contributed by atoms with Gasteiger partial charge in [-0.2, -0.15) is 0 Å². The first-order valence-corrected chi connectivity index (χ1v) is 5.75. The molecule has 0 fully saturated rings. The fourth-order valence-electron chi connectivity index (χ4n) is 1.83. The monoisotopic (exact) mass is 271 g/mol. The third-order valence-electron chi connectivity index (χ3n) is 2.73. The van der Waals surface area contributed by atoms with Gasteiger partial charge in [-0.3, -0.25) is 4.79 Å². The minimum atomic E-state index is -1.14. The van der Waals surface area contributed by atoms with Crippen molar-refractivity contribution in [2.75, 3.05) is 5.32 Å². The Balaban J connectivity index is 1.89. The molecule has 0 aliphatic carbocycles. The van der Waals surface area contributed by atoms with Gasteiger partial charge in [0.1, 0.15) is 5.58 Å². The summed E-state index contributed by atoms with van der Waals surface area (Å²) in [7, 11) is 0. The summed E-state index contributed by atoms with van der Waals surface area (Å²) in [6.07, 6.45) is 1.41. The molecule has 0 spiro atoms. The molecule has 0 aliphatic heterocycles. The maximum atomic E-state index is 11.8. The Morgan fingerprint density at radius 3 is 2.65 bits per heavy atom. The second-order valence-corrected chi connectivity index (χ2v) is 4.10. The van der Waals surface area contributed by atoms with Crippen molar-refractivity contribution in [3.8, 4) is 0 Å². The summed E-state index contributed by atoms with van der Waals surface area (Å²) in [5, 5.41) is 12.1. The van der Waals surface area contributed by atoms with Crippen molar-refractivity contribution >= 4 is 28.5 Å². The predicted molar refractivity (Wildman–Crippen MR) is 69.8 cm³/mol. The van der Waals surface area contributed by atoms with E-state index in [0.29, 0.717) is 16.7 Å². The number of amides is 1. The van der Waals surface area contributed by atoms with Gasteiger partial charge in [0.15, 0.2) is 5.76 Å². The van der Waals surface area contributed by atoms with E-state index in [1.54, 1.807) is 30.3 Å². The number of hydrogen-bond acceptors (Lipinski definition) is 4. The van der Waals surface area contributed by atoms with Gasteiger partial charge >= 0.3 is 5.97 Å². The predicted octanol–water partition coefficient (Wildman–Crippen LogP) is 2.98. The highest BCUT2D eigenvalue weighted by atomic mass is 16.4. The number of fused-ring (bicyclic) bond motifs is 1. The molecule has 0 saturated carbocycles. The van der Waals surface area contributed by atoms with Gasteiger partial charge in [-0.1, -0.05) is 0 Å². The topological polar surface area (TPSA) is 92.7 Å². The first-order chi connectivity index (χ1) is 9.63. The Kier molecular flexibility index (Phi) is 2.76. The van der Waals surface area contributed by atoms with E-state index >= 15 is 0 Å². The number of hydrogen-bond donors (Lipinski definition) is 2. The molecule has 100 valence electrons. The summed E-state index contributed by atoms with van der Waals surface area (Å²) in [5.74, 6) is -1.46. The molecule has 20 heavy (non-hydrogen) atoms. The number of rotatable bonds is 3.